The van der Waals surface area contributed by atoms with Gasteiger partial charge in [0.25, 0.3) is 5.91 Å². The van der Waals surface area contributed by atoms with E-state index in [0.717, 1.165) is 25.3 Å². The molecule has 3 nitrogen and oxygen atoms in total. The van der Waals surface area contributed by atoms with Gasteiger partial charge in [0, 0.05) is 18.5 Å². The number of benzene rings is 1. The molecule has 98 valence electrons. The zero-order chi connectivity index (χ0) is 13.2. The van der Waals surface area contributed by atoms with Crippen molar-refractivity contribution in [3.05, 3.63) is 29.6 Å². The molecule has 1 aromatic rings. The van der Waals surface area contributed by atoms with Crippen LogP contribution in [-0.2, 0) is 0 Å². The first-order valence-electron chi connectivity index (χ1n) is 5.89. The van der Waals surface area contributed by atoms with Crippen molar-refractivity contribution in [3.8, 4) is 5.75 Å². The predicted molar refractivity (Wildman–Crippen MR) is 67.4 cm³/mol. The monoisotopic (exact) mass is 271 g/mol. The third kappa shape index (κ3) is 2.93. The van der Waals surface area contributed by atoms with E-state index in [9.17, 15) is 9.18 Å². The highest BCUT2D eigenvalue weighted by atomic mass is 35.5. The molecule has 0 aromatic heterocycles. The Balaban J connectivity index is 1.96. The molecular weight excluding hydrogens is 257 g/mol. The summed E-state index contributed by atoms with van der Waals surface area (Å²) >= 11 is 5.70. The van der Waals surface area contributed by atoms with E-state index < -0.39 is 11.7 Å². The number of phenols is 1. The van der Waals surface area contributed by atoms with Gasteiger partial charge in [-0.1, -0.05) is 0 Å². The molecule has 0 heterocycles. The largest absolute Gasteiger partial charge is 0.508 e. The minimum Gasteiger partial charge on any atom is -0.508 e. The summed E-state index contributed by atoms with van der Waals surface area (Å²) in [5, 5.41) is 11.8. The van der Waals surface area contributed by atoms with Crippen LogP contribution in [0.15, 0.2) is 18.2 Å². The van der Waals surface area contributed by atoms with Crippen LogP contribution < -0.4 is 5.32 Å². The molecule has 0 saturated heterocycles. The summed E-state index contributed by atoms with van der Waals surface area (Å²) in [5.74, 6) is -0.781. The zero-order valence-corrected chi connectivity index (χ0v) is 10.6. The SMILES string of the molecule is O=C(NCC1(CCCl)CC1)c1ccc(O)cc1F. The van der Waals surface area contributed by atoms with Gasteiger partial charge in [0.2, 0.25) is 0 Å². The van der Waals surface area contributed by atoms with Crippen LogP contribution in [0.3, 0.4) is 0 Å². The average molecular weight is 272 g/mol. The quantitative estimate of drug-likeness (QED) is 0.809. The Morgan fingerprint density at radius 1 is 1.50 bits per heavy atom. The maximum Gasteiger partial charge on any atom is 0.254 e. The molecule has 1 amide bonds. The summed E-state index contributed by atoms with van der Waals surface area (Å²) in [5.41, 5.74) is 0.0691. The fourth-order valence-electron chi connectivity index (χ4n) is 1.94. The van der Waals surface area contributed by atoms with Crippen LogP contribution in [0.4, 0.5) is 4.39 Å². The van der Waals surface area contributed by atoms with E-state index in [1.165, 1.54) is 12.1 Å². The maximum absolute atomic E-state index is 13.4. The van der Waals surface area contributed by atoms with Gasteiger partial charge in [0.05, 0.1) is 5.56 Å². The van der Waals surface area contributed by atoms with Gasteiger partial charge < -0.3 is 10.4 Å². The van der Waals surface area contributed by atoms with E-state index in [1.54, 1.807) is 0 Å². The Hall–Kier alpha value is -1.29. The molecule has 1 aliphatic carbocycles. The molecule has 1 saturated carbocycles. The number of alkyl halides is 1. The molecule has 2 rings (SSSR count). The van der Waals surface area contributed by atoms with Gasteiger partial charge in [0.1, 0.15) is 11.6 Å². The van der Waals surface area contributed by atoms with E-state index in [4.69, 9.17) is 16.7 Å². The Kier molecular flexibility index (Phi) is 3.76. The molecule has 0 atom stereocenters. The topological polar surface area (TPSA) is 49.3 Å². The first-order chi connectivity index (χ1) is 8.56. The van der Waals surface area contributed by atoms with Crippen LogP contribution in [0.1, 0.15) is 29.6 Å². The van der Waals surface area contributed by atoms with Gasteiger partial charge in [0.15, 0.2) is 0 Å². The van der Waals surface area contributed by atoms with Gasteiger partial charge in [-0.3, -0.25) is 4.79 Å². The van der Waals surface area contributed by atoms with Crippen molar-refractivity contribution in [3.63, 3.8) is 0 Å². The highest BCUT2D eigenvalue weighted by Crippen LogP contribution is 2.48. The lowest BCUT2D eigenvalue weighted by molar-refractivity contribution is 0.0940. The van der Waals surface area contributed by atoms with Gasteiger partial charge in [-0.05, 0) is 36.8 Å². The van der Waals surface area contributed by atoms with E-state index in [0.29, 0.717) is 12.4 Å². The smallest absolute Gasteiger partial charge is 0.254 e. The first kappa shape index (κ1) is 13.1. The second kappa shape index (κ2) is 5.14. The number of carbonyl (C=O) groups is 1. The lowest BCUT2D eigenvalue weighted by Crippen LogP contribution is -2.31. The molecule has 2 N–H and O–H groups in total. The van der Waals surface area contributed by atoms with Crippen molar-refractivity contribution in [2.45, 2.75) is 19.3 Å². The minimum absolute atomic E-state index is 0.0468. The lowest BCUT2D eigenvalue weighted by atomic mass is 10.0. The third-order valence-corrected chi connectivity index (χ3v) is 3.59. The fourth-order valence-corrected chi connectivity index (χ4v) is 2.34. The molecule has 0 spiro atoms. The van der Waals surface area contributed by atoms with E-state index in [-0.39, 0.29) is 16.7 Å². The summed E-state index contributed by atoms with van der Waals surface area (Å²) in [6, 6.07) is 3.51. The Morgan fingerprint density at radius 3 is 2.78 bits per heavy atom. The molecule has 0 radical (unpaired) electrons. The highest BCUT2D eigenvalue weighted by Gasteiger charge is 2.41. The summed E-state index contributed by atoms with van der Waals surface area (Å²) in [6.07, 6.45) is 2.98. The number of nitrogens with one attached hydrogen (secondary N) is 1. The second-order valence-electron chi connectivity index (χ2n) is 4.79. The number of hydrogen-bond acceptors (Lipinski definition) is 2. The molecule has 1 aliphatic rings. The molecule has 0 aliphatic heterocycles. The normalized spacial score (nSPS) is 16.3. The molecule has 1 aromatic carbocycles. The van der Waals surface area contributed by atoms with Crippen LogP contribution >= 0.6 is 11.6 Å². The van der Waals surface area contributed by atoms with Gasteiger partial charge in [-0.25, -0.2) is 4.39 Å². The first-order valence-corrected chi connectivity index (χ1v) is 6.42. The predicted octanol–water partition coefficient (Wildman–Crippen LogP) is 2.67. The van der Waals surface area contributed by atoms with Gasteiger partial charge in [-0.2, -0.15) is 0 Å². The number of hydrogen-bond donors (Lipinski definition) is 2. The maximum atomic E-state index is 13.4. The zero-order valence-electron chi connectivity index (χ0n) is 9.88. The van der Waals surface area contributed by atoms with Crippen molar-refractivity contribution in [2.75, 3.05) is 12.4 Å². The van der Waals surface area contributed by atoms with Gasteiger partial charge in [-0.15, -0.1) is 11.6 Å². The molecular formula is C13H15ClFNO2. The Bertz CT molecular complexity index is 460. The van der Waals surface area contributed by atoms with E-state index >= 15 is 0 Å². The van der Waals surface area contributed by atoms with Crippen LogP contribution in [0.5, 0.6) is 5.75 Å². The summed E-state index contributed by atoms with van der Waals surface area (Å²) < 4.78 is 13.4. The van der Waals surface area contributed by atoms with Crippen molar-refractivity contribution in [1.82, 2.24) is 5.32 Å². The molecule has 5 heteroatoms. The van der Waals surface area contributed by atoms with Crippen molar-refractivity contribution >= 4 is 17.5 Å². The van der Waals surface area contributed by atoms with Crippen molar-refractivity contribution < 1.29 is 14.3 Å². The summed E-state index contributed by atoms with van der Waals surface area (Å²) in [7, 11) is 0. The van der Waals surface area contributed by atoms with Crippen LogP contribution in [0.2, 0.25) is 0 Å². The Morgan fingerprint density at radius 2 is 2.22 bits per heavy atom. The molecule has 0 unspecified atom stereocenters. The van der Waals surface area contributed by atoms with E-state index in [2.05, 4.69) is 5.32 Å². The third-order valence-electron chi connectivity index (χ3n) is 3.40. The number of rotatable bonds is 5. The molecule has 18 heavy (non-hydrogen) atoms. The summed E-state index contributed by atoms with van der Waals surface area (Å²) in [4.78, 5) is 11.8. The lowest BCUT2D eigenvalue weighted by Gasteiger charge is -2.14. The van der Waals surface area contributed by atoms with Gasteiger partial charge >= 0.3 is 0 Å². The standard InChI is InChI=1S/C13H15ClFNO2/c14-6-5-13(3-4-13)8-16-12(18)10-2-1-9(17)7-11(10)15/h1-2,7,17H,3-6,8H2,(H,16,18). The van der Waals surface area contributed by atoms with Crippen LogP contribution in [-0.4, -0.2) is 23.4 Å². The number of amides is 1. The van der Waals surface area contributed by atoms with Crippen LogP contribution in [0, 0.1) is 11.2 Å². The molecule has 0 bridgehead atoms. The fraction of sp³-hybridized carbons (Fsp3) is 0.462. The number of halogens is 2. The average Bonchev–Trinajstić information content (AvgIpc) is 3.07. The number of phenolic OH excluding ortho intramolecular Hbond substituents is 1. The highest BCUT2D eigenvalue weighted by molar-refractivity contribution is 6.17. The van der Waals surface area contributed by atoms with Crippen molar-refractivity contribution in [1.29, 1.82) is 0 Å². The minimum atomic E-state index is -0.713. The molecule has 1 fully saturated rings. The van der Waals surface area contributed by atoms with Crippen LogP contribution in [0.25, 0.3) is 0 Å². The number of carbonyl (C=O) groups excluding carboxylic acids is 1. The summed E-state index contributed by atoms with van der Waals surface area (Å²) in [6.45, 7) is 0.527. The van der Waals surface area contributed by atoms with E-state index in [1.807, 2.05) is 0 Å². The number of aromatic hydroxyl groups is 1. The Labute approximate surface area is 110 Å². The van der Waals surface area contributed by atoms with Crippen molar-refractivity contribution in [2.24, 2.45) is 5.41 Å². The second-order valence-corrected chi connectivity index (χ2v) is 5.16.